The van der Waals surface area contributed by atoms with Gasteiger partial charge in [0.1, 0.15) is 5.69 Å². The third-order valence-electron chi connectivity index (χ3n) is 4.89. The van der Waals surface area contributed by atoms with Crippen molar-refractivity contribution in [3.63, 3.8) is 0 Å². The molecule has 29 heavy (non-hydrogen) atoms. The summed E-state index contributed by atoms with van der Waals surface area (Å²) >= 11 is 0. The number of nitrogens with zero attached hydrogens (tertiary/aromatic N) is 2. The van der Waals surface area contributed by atoms with Crippen molar-refractivity contribution in [2.75, 3.05) is 18.1 Å². The number of rotatable bonds is 6. The molecule has 0 bridgehead atoms. The van der Waals surface area contributed by atoms with Crippen LogP contribution >= 0.6 is 0 Å². The van der Waals surface area contributed by atoms with Gasteiger partial charge in [0.15, 0.2) is 6.61 Å². The number of aryl methyl sites for hydroxylation is 2. The molecule has 1 atom stereocenters. The number of ether oxygens (including phenoxy) is 1. The molecule has 3 rings (SSSR count). The predicted molar refractivity (Wildman–Crippen MR) is 105 cm³/mol. The van der Waals surface area contributed by atoms with Crippen LogP contribution in [0.5, 0.6) is 0 Å². The number of hydrogen-bond donors (Lipinski definition) is 1. The number of anilines is 1. The molecule has 1 fully saturated rings. The summed E-state index contributed by atoms with van der Waals surface area (Å²) in [6.07, 6.45) is 2.61. The van der Waals surface area contributed by atoms with Gasteiger partial charge in [-0.1, -0.05) is 19.1 Å². The van der Waals surface area contributed by atoms with Gasteiger partial charge in [0.2, 0.25) is 5.91 Å². The van der Waals surface area contributed by atoms with Crippen LogP contribution < -0.4 is 10.2 Å². The number of imide groups is 1. The van der Waals surface area contributed by atoms with Gasteiger partial charge in [0, 0.05) is 31.9 Å². The van der Waals surface area contributed by atoms with E-state index in [0.29, 0.717) is 5.69 Å². The molecule has 1 aliphatic rings. The number of esters is 1. The van der Waals surface area contributed by atoms with E-state index in [2.05, 4.69) is 5.32 Å². The molecular formula is C21H23N3O5. The Labute approximate surface area is 168 Å². The van der Waals surface area contributed by atoms with Crippen LogP contribution in [0.25, 0.3) is 0 Å². The van der Waals surface area contributed by atoms with Gasteiger partial charge in [-0.05, 0) is 36.2 Å². The summed E-state index contributed by atoms with van der Waals surface area (Å²) < 4.78 is 6.59. The Balaban J connectivity index is 1.50. The molecule has 1 unspecified atom stereocenters. The Hall–Kier alpha value is -3.42. The van der Waals surface area contributed by atoms with E-state index in [1.807, 2.05) is 31.2 Å². The van der Waals surface area contributed by atoms with E-state index in [9.17, 15) is 19.2 Å². The quantitative estimate of drug-likeness (QED) is 0.744. The van der Waals surface area contributed by atoms with E-state index in [4.69, 9.17) is 4.74 Å². The summed E-state index contributed by atoms with van der Waals surface area (Å²) in [6.45, 7) is 1.67. The summed E-state index contributed by atoms with van der Waals surface area (Å²) in [7, 11) is 1.68. The average molecular weight is 397 g/mol. The Morgan fingerprint density at radius 3 is 2.52 bits per heavy atom. The molecule has 8 nitrogen and oxygen atoms in total. The third-order valence-corrected chi connectivity index (χ3v) is 4.89. The first-order valence-corrected chi connectivity index (χ1v) is 9.40. The monoisotopic (exact) mass is 397 g/mol. The lowest BCUT2D eigenvalue weighted by Gasteiger charge is -2.17. The van der Waals surface area contributed by atoms with Crippen molar-refractivity contribution in [2.24, 2.45) is 13.0 Å². The van der Waals surface area contributed by atoms with Gasteiger partial charge in [-0.2, -0.15) is 0 Å². The summed E-state index contributed by atoms with van der Waals surface area (Å²) in [4.78, 5) is 50.0. The first-order chi connectivity index (χ1) is 13.9. The molecule has 0 saturated carbocycles. The first-order valence-electron chi connectivity index (χ1n) is 9.40. The smallest absolute Gasteiger partial charge is 0.311 e. The van der Waals surface area contributed by atoms with Gasteiger partial charge in [-0.15, -0.1) is 0 Å². The van der Waals surface area contributed by atoms with Crippen LogP contribution in [0.4, 0.5) is 5.69 Å². The fourth-order valence-electron chi connectivity index (χ4n) is 3.20. The molecule has 0 aliphatic carbocycles. The summed E-state index contributed by atoms with van der Waals surface area (Å²) in [5.74, 6) is -2.74. The molecule has 0 spiro atoms. The van der Waals surface area contributed by atoms with E-state index in [0.717, 1.165) is 17.7 Å². The molecule has 8 heteroatoms. The lowest BCUT2D eigenvalue weighted by molar-refractivity contribution is -0.152. The highest BCUT2D eigenvalue weighted by molar-refractivity contribution is 6.04. The standard InChI is InChI=1S/C21H23N3O5/c1-3-14-6-8-16(9-7-14)24-12-15(11-19(24)26)21(28)29-13-18(25)22-20(27)17-5-4-10-23(17)2/h4-10,15H,3,11-13H2,1-2H3,(H,22,25,27). The average Bonchev–Trinajstić information content (AvgIpc) is 3.32. The Morgan fingerprint density at radius 1 is 1.17 bits per heavy atom. The zero-order valence-electron chi connectivity index (χ0n) is 16.4. The van der Waals surface area contributed by atoms with E-state index < -0.39 is 30.3 Å². The molecule has 1 aromatic carbocycles. The van der Waals surface area contributed by atoms with Crippen LogP contribution in [0.2, 0.25) is 0 Å². The Morgan fingerprint density at radius 2 is 1.90 bits per heavy atom. The molecule has 2 aromatic rings. The normalized spacial score (nSPS) is 16.0. The zero-order chi connectivity index (χ0) is 21.0. The number of carbonyl (C=O) groups excluding carboxylic acids is 4. The molecule has 1 N–H and O–H groups in total. The maximum Gasteiger partial charge on any atom is 0.311 e. The van der Waals surface area contributed by atoms with Crippen molar-refractivity contribution < 1.29 is 23.9 Å². The van der Waals surface area contributed by atoms with Gasteiger partial charge in [0.25, 0.3) is 11.8 Å². The number of benzene rings is 1. The molecule has 3 amide bonds. The topological polar surface area (TPSA) is 97.7 Å². The fraction of sp³-hybridized carbons (Fsp3) is 0.333. The van der Waals surface area contributed by atoms with Crippen LogP contribution in [0.3, 0.4) is 0 Å². The second-order valence-electron chi connectivity index (χ2n) is 6.91. The molecule has 1 aromatic heterocycles. The SMILES string of the molecule is CCc1ccc(N2CC(C(=O)OCC(=O)NC(=O)c3cccn3C)CC2=O)cc1. The minimum atomic E-state index is -0.721. The Bertz CT molecular complexity index is 932. The summed E-state index contributed by atoms with van der Waals surface area (Å²) in [5.41, 5.74) is 2.21. The first kappa shape index (κ1) is 20.3. The van der Waals surface area contributed by atoms with E-state index in [1.165, 1.54) is 0 Å². The lowest BCUT2D eigenvalue weighted by Crippen LogP contribution is -2.36. The second-order valence-corrected chi connectivity index (χ2v) is 6.91. The highest BCUT2D eigenvalue weighted by atomic mass is 16.5. The molecule has 1 saturated heterocycles. The van der Waals surface area contributed by atoms with Gasteiger partial charge >= 0.3 is 5.97 Å². The maximum atomic E-state index is 12.3. The lowest BCUT2D eigenvalue weighted by atomic mass is 10.1. The van der Waals surface area contributed by atoms with Crippen molar-refractivity contribution >= 4 is 29.4 Å². The largest absolute Gasteiger partial charge is 0.455 e. The predicted octanol–water partition coefficient (Wildman–Crippen LogP) is 1.44. The fourth-order valence-corrected chi connectivity index (χ4v) is 3.20. The van der Waals surface area contributed by atoms with Crippen molar-refractivity contribution in [1.82, 2.24) is 9.88 Å². The Kier molecular flexibility index (Phi) is 6.11. The van der Waals surface area contributed by atoms with Gasteiger partial charge < -0.3 is 14.2 Å². The van der Waals surface area contributed by atoms with Gasteiger partial charge in [-0.25, -0.2) is 0 Å². The number of amides is 3. The molecule has 2 heterocycles. The van der Waals surface area contributed by atoms with E-state index in [-0.39, 0.29) is 18.9 Å². The number of carbonyl (C=O) groups is 4. The summed E-state index contributed by atoms with van der Waals surface area (Å²) in [5, 5.41) is 2.17. The van der Waals surface area contributed by atoms with Crippen LogP contribution in [-0.2, 0) is 32.6 Å². The molecule has 152 valence electrons. The van der Waals surface area contributed by atoms with Crippen molar-refractivity contribution in [2.45, 2.75) is 19.8 Å². The van der Waals surface area contributed by atoms with Crippen molar-refractivity contribution in [3.05, 3.63) is 53.9 Å². The molecule has 1 aliphatic heterocycles. The minimum Gasteiger partial charge on any atom is -0.455 e. The van der Waals surface area contributed by atoms with Gasteiger partial charge in [0.05, 0.1) is 5.92 Å². The molecular weight excluding hydrogens is 374 g/mol. The van der Waals surface area contributed by atoms with Crippen LogP contribution in [-0.4, -0.2) is 41.4 Å². The van der Waals surface area contributed by atoms with Crippen LogP contribution in [0.1, 0.15) is 29.4 Å². The molecule has 0 radical (unpaired) electrons. The maximum absolute atomic E-state index is 12.3. The number of aromatic nitrogens is 1. The second kappa shape index (κ2) is 8.72. The zero-order valence-corrected chi connectivity index (χ0v) is 16.4. The number of nitrogens with one attached hydrogen (secondary N) is 1. The van der Waals surface area contributed by atoms with Crippen LogP contribution in [0, 0.1) is 5.92 Å². The van der Waals surface area contributed by atoms with Gasteiger partial charge in [-0.3, -0.25) is 24.5 Å². The highest BCUT2D eigenvalue weighted by Gasteiger charge is 2.36. The van der Waals surface area contributed by atoms with Crippen LogP contribution in [0.15, 0.2) is 42.6 Å². The van der Waals surface area contributed by atoms with E-state index >= 15 is 0 Å². The van der Waals surface area contributed by atoms with Crippen molar-refractivity contribution in [3.8, 4) is 0 Å². The minimum absolute atomic E-state index is 0.0261. The summed E-state index contributed by atoms with van der Waals surface area (Å²) in [6, 6.07) is 10.9. The highest BCUT2D eigenvalue weighted by Crippen LogP contribution is 2.26. The van der Waals surface area contributed by atoms with Crippen molar-refractivity contribution in [1.29, 1.82) is 0 Å². The van der Waals surface area contributed by atoms with E-state index in [1.54, 1.807) is 34.8 Å². The number of hydrogen-bond acceptors (Lipinski definition) is 5. The third kappa shape index (κ3) is 4.71.